The van der Waals surface area contributed by atoms with Crippen molar-refractivity contribution in [1.29, 1.82) is 0 Å². The maximum atomic E-state index is 5.99. The van der Waals surface area contributed by atoms with E-state index in [1.54, 1.807) is 0 Å². The number of nitrogens with two attached hydrogens (primary N) is 1. The van der Waals surface area contributed by atoms with E-state index < -0.39 is 0 Å². The summed E-state index contributed by atoms with van der Waals surface area (Å²) in [5, 5.41) is 6.49. The van der Waals surface area contributed by atoms with Gasteiger partial charge in [-0.2, -0.15) is 0 Å². The smallest absolute Gasteiger partial charge is 0.0938 e. The molecule has 0 spiro atoms. The van der Waals surface area contributed by atoms with Crippen LogP contribution in [-0.4, -0.2) is 10.6 Å². The van der Waals surface area contributed by atoms with Gasteiger partial charge in [-0.1, -0.05) is 176 Å². The van der Waals surface area contributed by atoms with E-state index >= 15 is 0 Å². The van der Waals surface area contributed by atoms with Crippen LogP contribution in [-0.2, 0) is 13.0 Å². The van der Waals surface area contributed by atoms with E-state index in [1.165, 1.54) is 72.0 Å². The van der Waals surface area contributed by atoms with Gasteiger partial charge in [0.2, 0.25) is 0 Å². The second-order valence-corrected chi connectivity index (χ2v) is 14.7. The highest BCUT2D eigenvalue weighted by atomic mass is 15.4. The summed E-state index contributed by atoms with van der Waals surface area (Å²) < 4.78 is 2.54. The monoisotopic (exact) mass is 727 g/mol. The highest BCUT2D eigenvalue weighted by molar-refractivity contribution is 6.17. The van der Waals surface area contributed by atoms with Crippen molar-refractivity contribution in [3.05, 3.63) is 205 Å². The first-order valence-electron chi connectivity index (χ1n) is 19.4. The van der Waals surface area contributed by atoms with Gasteiger partial charge < -0.3 is 15.6 Å². The van der Waals surface area contributed by atoms with E-state index in [4.69, 9.17) is 5.73 Å². The van der Waals surface area contributed by atoms with Gasteiger partial charge in [-0.3, -0.25) is 5.43 Å². The van der Waals surface area contributed by atoms with Crippen LogP contribution in [0.4, 0.5) is 5.69 Å². The van der Waals surface area contributed by atoms with E-state index in [9.17, 15) is 0 Å². The summed E-state index contributed by atoms with van der Waals surface area (Å²) in [6.07, 6.45) is 5.11. The Labute approximate surface area is 328 Å². The summed E-state index contributed by atoms with van der Waals surface area (Å²) in [7, 11) is 0. The van der Waals surface area contributed by atoms with Crippen LogP contribution in [0.15, 0.2) is 188 Å². The Morgan fingerprint density at radius 2 is 1.36 bits per heavy atom. The number of allylic oxidation sites excluding steroid dienone is 2. The van der Waals surface area contributed by atoms with Gasteiger partial charge in [-0.15, -0.1) is 0 Å². The molecule has 5 N–H and O–H groups in total. The average molecular weight is 728 g/mol. The molecule has 1 aromatic heterocycles. The minimum Gasteiger partial charge on any atom is -0.378 e. The predicted octanol–water partition coefficient (Wildman–Crippen LogP) is 11.5. The Kier molecular flexibility index (Phi) is 9.64. The molecule has 3 heterocycles. The second-order valence-electron chi connectivity index (χ2n) is 14.7. The lowest BCUT2D eigenvalue weighted by Gasteiger charge is -2.21. The number of hydrazine groups is 1. The molecule has 0 aliphatic carbocycles. The second kappa shape index (κ2) is 15.3. The van der Waals surface area contributed by atoms with Crippen molar-refractivity contribution < 1.29 is 0 Å². The molecule has 5 nitrogen and oxygen atoms in total. The molecule has 0 saturated carbocycles. The van der Waals surface area contributed by atoms with Crippen molar-refractivity contribution in [2.45, 2.75) is 32.1 Å². The van der Waals surface area contributed by atoms with Gasteiger partial charge in [0.25, 0.3) is 0 Å². The number of hydrogen-bond acceptors (Lipinski definition) is 4. The average Bonchev–Trinajstić information content (AvgIpc) is 3.40. The summed E-state index contributed by atoms with van der Waals surface area (Å²) in [6.45, 7) is 6.89. The first-order valence-corrected chi connectivity index (χ1v) is 19.4. The van der Waals surface area contributed by atoms with Crippen LogP contribution in [0.5, 0.6) is 0 Å². The third-order valence-electron chi connectivity index (χ3n) is 10.8. The Morgan fingerprint density at radius 1 is 0.714 bits per heavy atom. The molecule has 2 unspecified atom stereocenters. The zero-order valence-electron chi connectivity index (χ0n) is 31.5. The van der Waals surface area contributed by atoms with Gasteiger partial charge >= 0.3 is 0 Å². The van der Waals surface area contributed by atoms with Gasteiger partial charge in [-0.05, 0) is 58.9 Å². The number of aromatic nitrogens is 1. The predicted molar refractivity (Wildman–Crippen MR) is 236 cm³/mol. The quantitative estimate of drug-likeness (QED) is 0.0750. The third-order valence-corrected chi connectivity index (χ3v) is 10.8. The number of nitrogens with zero attached hydrogens (tertiary/aromatic N) is 1. The van der Waals surface area contributed by atoms with Crippen LogP contribution in [0, 0.1) is 0 Å². The van der Waals surface area contributed by atoms with E-state index in [-0.39, 0.29) is 12.2 Å². The maximum Gasteiger partial charge on any atom is 0.0938 e. The molecule has 7 aromatic carbocycles. The molecule has 274 valence electrons. The van der Waals surface area contributed by atoms with Crippen molar-refractivity contribution in [2.24, 2.45) is 5.73 Å². The molecule has 0 fully saturated rings. The number of benzene rings is 7. The number of rotatable bonds is 7. The molecule has 0 radical (unpaired) electrons. The zero-order chi connectivity index (χ0) is 38.0. The van der Waals surface area contributed by atoms with Crippen LogP contribution in [0.3, 0.4) is 0 Å². The number of para-hydroxylation sites is 2. The fraction of sp³-hybridized carbons (Fsp3) is 0.0980. The first-order chi connectivity index (χ1) is 27.5. The number of nitrogens with one attached hydrogen (secondary N) is 3. The normalized spacial score (nSPS) is 14.3. The van der Waals surface area contributed by atoms with E-state index in [1.807, 2.05) is 55.5 Å². The summed E-state index contributed by atoms with van der Waals surface area (Å²) in [5.74, 6) is 0. The maximum absolute atomic E-state index is 5.99. The van der Waals surface area contributed by atoms with Gasteiger partial charge in [0.05, 0.1) is 22.9 Å². The molecule has 10 rings (SSSR count). The van der Waals surface area contributed by atoms with Gasteiger partial charge in [0.15, 0.2) is 0 Å². The minimum absolute atomic E-state index is 0.175. The Balaban J connectivity index is 0.000000203. The molecule has 2 atom stereocenters. The summed E-state index contributed by atoms with van der Waals surface area (Å²) in [6, 6.07) is 58.3. The summed E-state index contributed by atoms with van der Waals surface area (Å²) in [4.78, 5) is 0. The lowest BCUT2D eigenvalue weighted by atomic mass is 9.89. The van der Waals surface area contributed by atoms with Gasteiger partial charge in [-0.25, -0.2) is 5.43 Å². The number of fused-ring (bicyclic) bond motifs is 12. The van der Waals surface area contributed by atoms with Crippen LogP contribution in [0.2, 0.25) is 0 Å². The standard InChI is InChI=1S/C37H28N2.C14H17N3/c1-23(2)18-19-25-22-24-10-3-4-11-26(24)35-33(38-25)21-20-32-28-13-6-5-12-27(28)30-15-9-16-31-29-14-7-8-17-34(29)39(36(30)31)37(32)35;15-14(13-9-5-2-6-10-13)17-16-11-12-7-3-1-4-8-12/h3-21,25,38H,1,22H2,2H3;1-10,14,16-17H,11,15H2/b19-18-;. The van der Waals surface area contributed by atoms with Crippen molar-refractivity contribution in [1.82, 2.24) is 15.4 Å². The van der Waals surface area contributed by atoms with Crippen LogP contribution in [0.1, 0.15) is 29.8 Å². The van der Waals surface area contributed by atoms with Crippen molar-refractivity contribution in [3.8, 4) is 39.1 Å². The Morgan fingerprint density at radius 3 is 2.14 bits per heavy atom. The number of anilines is 1. The van der Waals surface area contributed by atoms with Crippen LogP contribution >= 0.6 is 0 Å². The molecule has 2 aliphatic rings. The Hall–Kier alpha value is -6.50. The molecular formula is C51H45N5. The molecule has 0 saturated heterocycles. The number of hydrogen-bond donors (Lipinski definition) is 4. The van der Waals surface area contributed by atoms with Gasteiger partial charge in [0, 0.05) is 45.7 Å². The molecular weight excluding hydrogens is 683 g/mol. The summed E-state index contributed by atoms with van der Waals surface area (Å²) in [5.41, 5.74) is 29.5. The fourth-order valence-electron chi connectivity index (χ4n) is 8.28. The van der Waals surface area contributed by atoms with Crippen molar-refractivity contribution in [2.75, 3.05) is 5.32 Å². The lowest BCUT2D eigenvalue weighted by molar-refractivity contribution is 0.446. The van der Waals surface area contributed by atoms with Crippen LogP contribution in [0.25, 0.3) is 60.9 Å². The largest absolute Gasteiger partial charge is 0.378 e. The molecule has 56 heavy (non-hydrogen) atoms. The topological polar surface area (TPSA) is 67.0 Å². The molecule has 0 bridgehead atoms. The fourth-order valence-corrected chi connectivity index (χ4v) is 8.28. The summed E-state index contributed by atoms with van der Waals surface area (Å²) >= 11 is 0. The Bertz CT molecular complexity index is 2730. The molecule has 5 heteroatoms. The zero-order valence-corrected chi connectivity index (χ0v) is 31.5. The lowest BCUT2D eigenvalue weighted by Crippen LogP contribution is -2.39. The van der Waals surface area contributed by atoms with E-state index in [0.29, 0.717) is 0 Å². The molecule has 2 aliphatic heterocycles. The highest BCUT2D eigenvalue weighted by Crippen LogP contribution is 2.51. The highest BCUT2D eigenvalue weighted by Gasteiger charge is 2.30. The SMILES string of the molecule is C=C(C)/C=C\C1Cc2ccccc2-c2c(ccc3c2-n2c4ccccc4c4cccc(c42)-c2ccccc2-3)N1.NC(NNCc1ccccc1)c1ccccc1. The third kappa shape index (κ3) is 6.63. The van der Waals surface area contributed by atoms with Gasteiger partial charge in [0.1, 0.15) is 0 Å². The van der Waals surface area contributed by atoms with Crippen molar-refractivity contribution >= 4 is 27.5 Å². The first kappa shape index (κ1) is 35.2. The van der Waals surface area contributed by atoms with E-state index in [0.717, 1.165) is 29.8 Å². The minimum atomic E-state index is -0.195. The van der Waals surface area contributed by atoms with E-state index in [2.05, 4.69) is 155 Å². The van der Waals surface area contributed by atoms with Crippen molar-refractivity contribution in [3.63, 3.8) is 0 Å². The molecule has 8 aromatic rings. The van der Waals surface area contributed by atoms with Crippen LogP contribution < -0.4 is 21.9 Å². The molecule has 0 amide bonds.